The third-order valence-electron chi connectivity index (χ3n) is 16.0. The van der Waals surface area contributed by atoms with Gasteiger partial charge in [-0.15, -0.1) is 0 Å². The molecule has 0 saturated carbocycles. The summed E-state index contributed by atoms with van der Waals surface area (Å²) in [6.45, 7) is 10.2. The van der Waals surface area contributed by atoms with Gasteiger partial charge in [0.1, 0.15) is 65.3 Å². The van der Waals surface area contributed by atoms with E-state index in [9.17, 15) is 30.0 Å². The van der Waals surface area contributed by atoms with E-state index >= 15 is 9.13 Å². The Morgan fingerprint density at radius 3 is 1.75 bits per heavy atom. The Morgan fingerprint density at radius 2 is 1.23 bits per heavy atom. The number of carbonyl (C=O) groups is 2. The maximum absolute atomic E-state index is 15.4. The molecule has 35 heteroatoms. The van der Waals surface area contributed by atoms with Gasteiger partial charge in [0.15, 0.2) is 41.0 Å². The van der Waals surface area contributed by atoms with Crippen LogP contribution in [0.2, 0.25) is 0 Å². The van der Waals surface area contributed by atoms with Gasteiger partial charge in [-0.1, -0.05) is 12.1 Å². The summed E-state index contributed by atoms with van der Waals surface area (Å²) in [7, 11) is -6.86. The molecule has 6 aromatic heterocycles. The number of nitrogens with one attached hydrogen (secondary N) is 2. The maximum Gasteiger partial charge on any atom is 0.459 e. The van der Waals surface area contributed by atoms with Crippen molar-refractivity contribution in [2.45, 2.75) is 134 Å². The highest BCUT2D eigenvalue weighted by Gasteiger charge is 2.56. The largest absolute Gasteiger partial charge is 0.479 e. The van der Waals surface area contributed by atoms with Gasteiger partial charge < -0.3 is 74.1 Å². The van der Waals surface area contributed by atoms with Crippen LogP contribution in [0.25, 0.3) is 44.1 Å². The molecule has 0 aliphatic carbocycles. The molecule has 33 nitrogen and oxygen atoms in total. The Morgan fingerprint density at radius 1 is 0.720 bits per heavy atom. The number of nitrogens with two attached hydrogens (primary N) is 2. The summed E-state index contributed by atoms with van der Waals surface area (Å²) < 4.78 is 100. The van der Waals surface area contributed by atoms with Gasteiger partial charge in [-0.05, 0) is 84.9 Å². The molecule has 10 N–H and O–H groups in total. The summed E-state index contributed by atoms with van der Waals surface area (Å²) in [6, 6.07) is 13.4. The van der Waals surface area contributed by atoms with Gasteiger partial charge in [0.25, 0.3) is 0 Å². The second-order valence-corrected chi connectivity index (χ2v) is 27.4. The number of esters is 2. The number of rotatable bonds is 23. The number of hydrogen-bond donors (Lipinski definition) is 8. The number of nitrogens with zero attached hydrogens (tertiary/aromatic N) is 10. The van der Waals surface area contributed by atoms with Crippen LogP contribution in [-0.2, 0) is 51.5 Å². The van der Waals surface area contributed by atoms with Crippen molar-refractivity contribution in [3.8, 4) is 23.3 Å². The highest BCUT2D eigenvalue weighted by Crippen LogP contribution is 2.51. The monoisotopic (exact) mass is 1330 g/mol. The molecule has 2 aromatic carbocycles. The number of aromatic nitrogens is 10. The lowest BCUT2D eigenvalue weighted by Crippen LogP contribution is -2.50. The van der Waals surface area contributed by atoms with Crippen LogP contribution in [-0.4, -0.2) is 171 Å². The lowest BCUT2D eigenvalue weighted by Gasteiger charge is -2.29. The summed E-state index contributed by atoms with van der Waals surface area (Å²) in [5, 5.41) is 53.0. The van der Waals surface area contributed by atoms with Gasteiger partial charge in [0.05, 0.1) is 69.6 Å². The summed E-state index contributed by atoms with van der Waals surface area (Å²) in [5.41, 5.74) is 8.36. The standard InChI is InChI=1S/C58H73N14O19P2/c1-30(49(75)86-32-20-24-83-25-21-32)68-93(80,85-27-40-44(74)58(7,78)53(88-40)72-29-63-42-46(72)65-55(60)67-48(42)82-9)91-38-19-11-17-36-34(38)15-13-23-70(36)51(56(3,4)5)89-50(76)31(2)69-92(79,90-37-18-10-16-35-33(37)14-12-22-61-35)84-26-39-43(73)57(6,77)52(87-39)71-28-62-41-45(71)64-54(59)66-47(41)81-8/h10-19,22-23,28-32,39-40,43-44,51-53,73-74,77-78H,20-21,24-27H2,1-9H3,(H,68,80)(H,69,79)(H2,59,64,66)(H2,60,65,67)/q+1. The Hall–Kier alpha value is -7.88. The molecule has 13 unspecified atom stereocenters. The smallest absolute Gasteiger partial charge is 0.459 e. The number of nitrogen functional groups attached to an aromatic ring is 2. The van der Waals surface area contributed by atoms with Crippen molar-refractivity contribution < 1.29 is 95.0 Å². The first-order valence-electron chi connectivity index (χ1n) is 29.5. The summed E-state index contributed by atoms with van der Waals surface area (Å²) in [4.78, 5) is 58.0. The van der Waals surface area contributed by atoms with Crippen LogP contribution in [0.1, 0.15) is 80.0 Å². The molecule has 8 aromatic rings. The number of anilines is 2. The van der Waals surface area contributed by atoms with E-state index < -0.39 is 119 Å². The molecule has 3 aliphatic rings. The first-order valence-corrected chi connectivity index (χ1v) is 32.6. The summed E-state index contributed by atoms with van der Waals surface area (Å²) in [5.74, 6) is -1.95. The van der Waals surface area contributed by atoms with Crippen LogP contribution in [0.3, 0.4) is 0 Å². The number of imidazole rings is 2. The molecule has 0 spiro atoms. The number of carbonyl (C=O) groups excluding carboxylic acids is 2. The van der Waals surface area contributed by atoms with E-state index in [1.165, 1.54) is 75.8 Å². The fourth-order valence-electron chi connectivity index (χ4n) is 11.2. The average molecular weight is 1330 g/mol. The van der Waals surface area contributed by atoms with E-state index in [2.05, 4.69) is 45.1 Å². The average Bonchev–Trinajstić information content (AvgIpc) is 1.68. The normalized spacial score (nSPS) is 25.1. The Kier molecular flexibility index (Phi) is 18.7. The molecular weight excluding hydrogens is 1260 g/mol. The Balaban J connectivity index is 0.853. The number of aliphatic hydroxyl groups is 4. The minimum Gasteiger partial charge on any atom is -0.479 e. The van der Waals surface area contributed by atoms with Crippen LogP contribution in [0.4, 0.5) is 11.9 Å². The molecule has 3 aliphatic heterocycles. The fraction of sp³-hybridized carbons (Fsp3) is 0.483. The molecule has 0 amide bonds. The van der Waals surface area contributed by atoms with E-state index in [0.717, 1.165) is 0 Å². The van der Waals surface area contributed by atoms with Crippen molar-refractivity contribution in [2.75, 3.05) is 52.1 Å². The van der Waals surface area contributed by atoms with E-state index in [1.54, 1.807) is 65.5 Å². The van der Waals surface area contributed by atoms with Gasteiger partial charge in [-0.25, -0.2) is 19.1 Å². The quantitative estimate of drug-likeness (QED) is 0.0254. The van der Waals surface area contributed by atoms with Crippen molar-refractivity contribution in [3.63, 3.8) is 0 Å². The molecule has 3 fully saturated rings. The molecule has 0 radical (unpaired) electrons. The number of methoxy groups -OCH3 is 2. The second kappa shape index (κ2) is 26.1. The van der Waals surface area contributed by atoms with Crippen LogP contribution >= 0.6 is 15.5 Å². The minimum absolute atomic E-state index is 0.0480. The molecule has 93 heavy (non-hydrogen) atoms. The number of benzene rings is 2. The lowest BCUT2D eigenvalue weighted by atomic mass is 9.93. The van der Waals surface area contributed by atoms with E-state index in [4.69, 9.17) is 62.7 Å². The molecule has 0 bridgehead atoms. The first kappa shape index (κ1) is 66.6. The van der Waals surface area contributed by atoms with Crippen molar-refractivity contribution in [2.24, 2.45) is 5.41 Å². The maximum atomic E-state index is 15.4. The number of hydrogen-bond acceptors (Lipinski definition) is 28. The van der Waals surface area contributed by atoms with Crippen LogP contribution in [0.5, 0.6) is 23.3 Å². The third-order valence-corrected chi connectivity index (χ3v) is 19.2. The molecule has 498 valence electrons. The van der Waals surface area contributed by atoms with Gasteiger partial charge in [-0.2, -0.15) is 34.7 Å². The minimum atomic E-state index is -4.81. The van der Waals surface area contributed by atoms with Crippen LogP contribution in [0.15, 0.2) is 85.7 Å². The third kappa shape index (κ3) is 13.5. The van der Waals surface area contributed by atoms with E-state index in [-0.39, 0.29) is 57.5 Å². The molecular formula is C58H73N14O19P2+. The Labute approximate surface area is 531 Å². The van der Waals surface area contributed by atoms with E-state index in [1.807, 2.05) is 20.8 Å². The number of pyridine rings is 2. The number of fused-ring (bicyclic) bond motifs is 4. The zero-order valence-corrected chi connectivity index (χ0v) is 53.8. The zero-order valence-electron chi connectivity index (χ0n) is 52.0. The SMILES string of the molecule is COc1nc(N)nc2c1ncn2C1OC(COP(=O)(NC(C)C(=O)OC([n+]2cccc3c(OP(=O)(NC(C)C(=O)OC4CCOCC4)OCC4OC(n5cnc6c(OC)nc(N)nc65)C(C)(O)C4O)cccc32)C(C)(C)C)Oc2cccc3ncccc23)C(O)C1(C)O. The molecule has 9 heterocycles. The van der Waals surface area contributed by atoms with Crippen molar-refractivity contribution >= 4 is 83.5 Å². The van der Waals surface area contributed by atoms with Gasteiger partial charge >= 0.3 is 33.7 Å². The fourth-order valence-corrected chi connectivity index (χ4v) is 14.2. The number of aliphatic hydroxyl groups excluding tert-OH is 2. The highest BCUT2D eigenvalue weighted by molar-refractivity contribution is 7.52. The molecule has 13 atom stereocenters. The first-order chi connectivity index (χ1) is 44.1. The lowest BCUT2D eigenvalue weighted by molar-refractivity contribution is -0.749. The number of ether oxygens (including phenoxy) is 7. The zero-order chi connectivity index (χ0) is 66.5. The van der Waals surface area contributed by atoms with Gasteiger partial charge in [0, 0.05) is 36.6 Å². The van der Waals surface area contributed by atoms with Crippen LogP contribution < -0.4 is 44.7 Å². The van der Waals surface area contributed by atoms with Crippen molar-refractivity contribution in [3.05, 3.63) is 85.7 Å². The summed E-state index contributed by atoms with van der Waals surface area (Å²) in [6.07, 6.45) is -3.88. The second-order valence-electron chi connectivity index (χ2n) is 24.0. The summed E-state index contributed by atoms with van der Waals surface area (Å²) >= 11 is 0. The van der Waals surface area contributed by atoms with Crippen LogP contribution in [0, 0.1) is 5.41 Å². The van der Waals surface area contributed by atoms with Crippen molar-refractivity contribution in [1.29, 1.82) is 0 Å². The molecule has 3 saturated heterocycles. The predicted octanol–water partition coefficient (Wildman–Crippen LogP) is 4.03. The van der Waals surface area contributed by atoms with Gasteiger partial charge in [-0.3, -0.25) is 32.8 Å². The van der Waals surface area contributed by atoms with Crippen molar-refractivity contribution in [1.82, 2.24) is 54.2 Å². The van der Waals surface area contributed by atoms with Gasteiger partial charge in [0.2, 0.25) is 29.2 Å². The predicted molar refractivity (Wildman–Crippen MR) is 328 cm³/mol. The highest BCUT2D eigenvalue weighted by atomic mass is 31.2. The topological polar surface area (TPSA) is 431 Å². The molecule has 11 rings (SSSR count). The van der Waals surface area contributed by atoms with E-state index in [0.29, 0.717) is 47.9 Å². The Bertz CT molecular complexity index is 4180.